The molecular formula is C17H28N2O. The SMILES string of the molecule is CNC(c1ccc(OC)cc1)C(C)N1CCCCCC1. The molecule has 2 rings (SSSR count). The van der Waals surface area contributed by atoms with E-state index in [0.717, 1.165) is 5.75 Å². The number of likely N-dealkylation sites (tertiary alicyclic amines) is 1. The molecule has 20 heavy (non-hydrogen) atoms. The summed E-state index contributed by atoms with van der Waals surface area (Å²) in [5.41, 5.74) is 1.34. The number of hydrogen-bond donors (Lipinski definition) is 1. The van der Waals surface area contributed by atoms with Crippen molar-refractivity contribution < 1.29 is 4.74 Å². The molecule has 1 fully saturated rings. The fourth-order valence-corrected chi connectivity index (χ4v) is 3.21. The van der Waals surface area contributed by atoms with E-state index >= 15 is 0 Å². The molecule has 1 aliphatic rings. The maximum atomic E-state index is 5.25. The van der Waals surface area contributed by atoms with Gasteiger partial charge < -0.3 is 10.1 Å². The largest absolute Gasteiger partial charge is 0.497 e. The van der Waals surface area contributed by atoms with Gasteiger partial charge >= 0.3 is 0 Å². The van der Waals surface area contributed by atoms with Crippen molar-refractivity contribution in [2.75, 3.05) is 27.2 Å². The van der Waals surface area contributed by atoms with Crippen LogP contribution in [0.4, 0.5) is 0 Å². The van der Waals surface area contributed by atoms with E-state index in [1.807, 2.05) is 0 Å². The summed E-state index contributed by atoms with van der Waals surface area (Å²) in [6, 6.07) is 9.34. The number of nitrogens with zero attached hydrogens (tertiary/aromatic N) is 1. The van der Waals surface area contributed by atoms with Crippen LogP contribution in [-0.2, 0) is 0 Å². The minimum atomic E-state index is 0.374. The van der Waals surface area contributed by atoms with E-state index in [1.165, 1.54) is 44.3 Å². The Morgan fingerprint density at radius 1 is 1.05 bits per heavy atom. The summed E-state index contributed by atoms with van der Waals surface area (Å²) in [5, 5.41) is 3.49. The monoisotopic (exact) mass is 276 g/mol. The normalized spacial score (nSPS) is 20.1. The molecule has 0 spiro atoms. The second-order valence-corrected chi connectivity index (χ2v) is 5.73. The van der Waals surface area contributed by atoms with Crippen LogP contribution in [0, 0.1) is 0 Å². The Balaban J connectivity index is 2.08. The first kappa shape index (κ1) is 15.3. The minimum Gasteiger partial charge on any atom is -0.497 e. The van der Waals surface area contributed by atoms with Crippen molar-refractivity contribution in [1.29, 1.82) is 0 Å². The molecule has 3 nitrogen and oxygen atoms in total. The smallest absolute Gasteiger partial charge is 0.118 e. The van der Waals surface area contributed by atoms with Gasteiger partial charge in [-0.05, 0) is 57.6 Å². The van der Waals surface area contributed by atoms with Crippen LogP contribution in [0.2, 0.25) is 0 Å². The van der Waals surface area contributed by atoms with Gasteiger partial charge in [-0.15, -0.1) is 0 Å². The van der Waals surface area contributed by atoms with Crippen molar-refractivity contribution in [2.24, 2.45) is 0 Å². The highest BCUT2D eigenvalue weighted by molar-refractivity contribution is 5.29. The molecule has 1 saturated heterocycles. The summed E-state index contributed by atoms with van der Waals surface area (Å²) in [4.78, 5) is 2.64. The lowest BCUT2D eigenvalue weighted by atomic mass is 9.99. The Bertz CT molecular complexity index is 382. The molecule has 0 amide bonds. The van der Waals surface area contributed by atoms with Gasteiger partial charge in [-0.3, -0.25) is 4.90 Å². The zero-order valence-electron chi connectivity index (χ0n) is 13.1. The van der Waals surface area contributed by atoms with E-state index in [0.29, 0.717) is 12.1 Å². The number of rotatable bonds is 5. The zero-order valence-corrected chi connectivity index (χ0v) is 13.1. The average Bonchev–Trinajstić information content (AvgIpc) is 2.77. The average molecular weight is 276 g/mol. The molecule has 1 aromatic carbocycles. The first-order valence-electron chi connectivity index (χ1n) is 7.81. The number of likely N-dealkylation sites (N-methyl/N-ethyl adjacent to an activating group) is 1. The summed E-state index contributed by atoms with van der Waals surface area (Å²) in [7, 11) is 3.77. The first-order chi connectivity index (χ1) is 9.76. The van der Waals surface area contributed by atoms with Crippen LogP contribution >= 0.6 is 0 Å². The summed E-state index contributed by atoms with van der Waals surface area (Å²) in [6.45, 7) is 4.81. The highest BCUT2D eigenvalue weighted by atomic mass is 16.5. The standard InChI is InChI=1S/C17H28N2O/c1-14(19-12-6-4-5-7-13-19)17(18-2)15-8-10-16(20-3)11-9-15/h8-11,14,17-18H,4-7,12-13H2,1-3H3. The molecule has 112 valence electrons. The van der Waals surface area contributed by atoms with Crippen LogP contribution < -0.4 is 10.1 Å². The number of hydrogen-bond acceptors (Lipinski definition) is 3. The molecule has 0 aliphatic carbocycles. The lowest BCUT2D eigenvalue weighted by Gasteiger charge is -2.34. The van der Waals surface area contributed by atoms with Crippen molar-refractivity contribution in [2.45, 2.75) is 44.7 Å². The summed E-state index contributed by atoms with van der Waals surface area (Å²) < 4.78 is 5.25. The predicted molar refractivity (Wildman–Crippen MR) is 84.3 cm³/mol. The van der Waals surface area contributed by atoms with E-state index in [1.54, 1.807) is 7.11 Å². The molecular weight excluding hydrogens is 248 g/mol. The van der Waals surface area contributed by atoms with Gasteiger partial charge in [0.25, 0.3) is 0 Å². The van der Waals surface area contributed by atoms with Gasteiger partial charge in [0, 0.05) is 12.1 Å². The highest BCUT2D eigenvalue weighted by Crippen LogP contribution is 2.25. The third-order valence-electron chi connectivity index (χ3n) is 4.48. The maximum Gasteiger partial charge on any atom is 0.118 e. The summed E-state index contributed by atoms with van der Waals surface area (Å²) in [5.74, 6) is 0.922. The molecule has 1 heterocycles. The predicted octanol–water partition coefficient (Wildman–Crippen LogP) is 3.22. The van der Waals surface area contributed by atoms with Crippen molar-refractivity contribution >= 4 is 0 Å². The second kappa shape index (κ2) is 7.65. The van der Waals surface area contributed by atoms with Crippen molar-refractivity contribution in [3.63, 3.8) is 0 Å². The van der Waals surface area contributed by atoms with Gasteiger partial charge in [-0.1, -0.05) is 25.0 Å². The third kappa shape index (κ3) is 3.74. The zero-order chi connectivity index (χ0) is 14.4. The van der Waals surface area contributed by atoms with Gasteiger partial charge in [-0.25, -0.2) is 0 Å². The van der Waals surface area contributed by atoms with Crippen molar-refractivity contribution in [1.82, 2.24) is 10.2 Å². The molecule has 0 saturated carbocycles. The molecule has 2 atom stereocenters. The summed E-state index contributed by atoms with van der Waals surface area (Å²) in [6.07, 6.45) is 5.44. The van der Waals surface area contributed by atoms with Crippen LogP contribution in [0.15, 0.2) is 24.3 Å². The molecule has 0 bridgehead atoms. The Kier molecular flexibility index (Phi) is 5.86. The minimum absolute atomic E-state index is 0.374. The molecule has 0 radical (unpaired) electrons. The van der Waals surface area contributed by atoms with E-state index in [4.69, 9.17) is 4.74 Å². The molecule has 0 aromatic heterocycles. The van der Waals surface area contributed by atoms with Crippen LogP contribution in [0.3, 0.4) is 0 Å². The second-order valence-electron chi connectivity index (χ2n) is 5.73. The molecule has 2 unspecified atom stereocenters. The number of benzene rings is 1. The number of methoxy groups -OCH3 is 1. The van der Waals surface area contributed by atoms with E-state index in [2.05, 4.69) is 48.5 Å². The Morgan fingerprint density at radius 3 is 2.15 bits per heavy atom. The first-order valence-corrected chi connectivity index (χ1v) is 7.81. The van der Waals surface area contributed by atoms with Crippen LogP contribution in [-0.4, -0.2) is 38.2 Å². The highest BCUT2D eigenvalue weighted by Gasteiger charge is 2.24. The van der Waals surface area contributed by atoms with Gasteiger partial charge in [0.15, 0.2) is 0 Å². The summed E-state index contributed by atoms with van der Waals surface area (Å²) >= 11 is 0. The van der Waals surface area contributed by atoms with Crippen molar-refractivity contribution in [3.8, 4) is 5.75 Å². The lowest BCUT2D eigenvalue weighted by Crippen LogP contribution is -2.42. The third-order valence-corrected chi connectivity index (χ3v) is 4.48. The maximum absolute atomic E-state index is 5.25. The molecule has 3 heteroatoms. The Morgan fingerprint density at radius 2 is 1.65 bits per heavy atom. The van der Waals surface area contributed by atoms with Gasteiger partial charge in [0.1, 0.15) is 5.75 Å². The van der Waals surface area contributed by atoms with E-state index in [-0.39, 0.29) is 0 Å². The van der Waals surface area contributed by atoms with Gasteiger partial charge in [-0.2, -0.15) is 0 Å². The van der Waals surface area contributed by atoms with Crippen LogP contribution in [0.25, 0.3) is 0 Å². The Labute approximate surface area is 123 Å². The lowest BCUT2D eigenvalue weighted by molar-refractivity contribution is 0.179. The van der Waals surface area contributed by atoms with E-state index in [9.17, 15) is 0 Å². The topological polar surface area (TPSA) is 24.5 Å². The van der Waals surface area contributed by atoms with Gasteiger partial charge in [0.2, 0.25) is 0 Å². The van der Waals surface area contributed by atoms with Crippen LogP contribution in [0.1, 0.15) is 44.2 Å². The fourth-order valence-electron chi connectivity index (χ4n) is 3.21. The van der Waals surface area contributed by atoms with Crippen molar-refractivity contribution in [3.05, 3.63) is 29.8 Å². The number of nitrogens with one attached hydrogen (secondary N) is 1. The fraction of sp³-hybridized carbons (Fsp3) is 0.647. The van der Waals surface area contributed by atoms with E-state index < -0.39 is 0 Å². The molecule has 1 N–H and O–H groups in total. The van der Waals surface area contributed by atoms with Crippen LogP contribution in [0.5, 0.6) is 5.75 Å². The number of ether oxygens (including phenoxy) is 1. The van der Waals surface area contributed by atoms with Gasteiger partial charge in [0.05, 0.1) is 7.11 Å². The molecule has 1 aliphatic heterocycles. The quantitative estimate of drug-likeness (QED) is 0.893. The molecule has 1 aromatic rings. The Hall–Kier alpha value is -1.06.